The molecule has 4 saturated carbocycles. The zero-order chi connectivity index (χ0) is 14.6. The molecule has 1 unspecified atom stereocenters. The Hall–Kier alpha value is -0.570. The second-order valence-electron chi connectivity index (χ2n) is 8.40. The number of carbonyl (C=O) groups excluding carboxylic acids is 1. The lowest BCUT2D eigenvalue weighted by Crippen LogP contribution is -2.58. The van der Waals surface area contributed by atoms with Gasteiger partial charge < -0.3 is 10.2 Å². The third-order valence-electron chi connectivity index (χ3n) is 7.32. The summed E-state index contributed by atoms with van der Waals surface area (Å²) >= 11 is 0. The van der Waals surface area contributed by atoms with E-state index in [4.69, 9.17) is 0 Å². The van der Waals surface area contributed by atoms with Crippen LogP contribution in [0.5, 0.6) is 0 Å². The van der Waals surface area contributed by atoms with Gasteiger partial charge in [-0.2, -0.15) is 0 Å². The second-order valence-corrected chi connectivity index (χ2v) is 8.40. The molecule has 4 aliphatic carbocycles. The van der Waals surface area contributed by atoms with Crippen LogP contribution in [0.25, 0.3) is 0 Å². The van der Waals surface area contributed by atoms with E-state index in [0.717, 1.165) is 49.6 Å². The normalized spacial score (nSPS) is 47.8. The molecule has 5 fully saturated rings. The summed E-state index contributed by atoms with van der Waals surface area (Å²) < 4.78 is 0. The molecule has 0 aromatic heterocycles. The molecule has 118 valence electrons. The molecular weight excluding hydrogens is 260 g/mol. The van der Waals surface area contributed by atoms with Crippen LogP contribution in [0.3, 0.4) is 0 Å². The zero-order valence-electron chi connectivity index (χ0n) is 13.6. The fourth-order valence-corrected chi connectivity index (χ4v) is 6.42. The summed E-state index contributed by atoms with van der Waals surface area (Å²) in [6, 6.07) is 0.550. The number of nitrogens with one attached hydrogen (secondary N) is 1. The predicted molar refractivity (Wildman–Crippen MR) is 83.8 cm³/mol. The highest BCUT2D eigenvalue weighted by atomic mass is 16.2. The largest absolute Gasteiger partial charge is 0.342 e. The van der Waals surface area contributed by atoms with Crippen molar-refractivity contribution in [3.63, 3.8) is 0 Å². The molecule has 1 atom stereocenters. The van der Waals surface area contributed by atoms with Gasteiger partial charge >= 0.3 is 0 Å². The Morgan fingerprint density at radius 3 is 2.24 bits per heavy atom. The number of nitrogens with zero attached hydrogens (tertiary/aromatic N) is 1. The minimum Gasteiger partial charge on any atom is -0.342 e. The second kappa shape index (κ2) is 4.97. The number of hydrogen-bond donors (Lipinski definition) is 1. The van der Waals surface area contributed by atoms with Crippen LogP contribution in [-0.4, -0.2) is 37.0 Å². The fraction of sp³-hybridized carbons (Fsp3) is 0.944. The zero-order valence-corrected chi connectivity index (χ0v) is 13.6. The molecule has 0 aromatic rings. The van der Waals surface area contributed by atoms with Gasteiger partial charge in [-0.05, 0) is 75.2 Å². The van der Waals surface area contributed by atoms with Gasteiger partial charge in [0.15, 0.2) is 0 Å². The van der Waals surface area contributed by atoms with Crippen molar-refractivity contribution in [2.75, 3.05) is 20.1 Å². The monoisotopic (exact) mass is 290 g/mol. The summed E-state index contributed by atoms with van der Waals surface area (Å²) in [6.07, 6.45) is 9.08. The molecule has 1 heterocycles. The minimum atomic E-state index is -0.108. The Balaban J connectivity index is 1.54. The fourth-order valence-electron chi connectivity index (χ4n) is 6.42. The average Bonchev–Trinajstić information content (AvgIpc) is 2.95. The van der Waals surface area contributed by atoms with E-state index in [0.29, 0.717) is 11.9 Å². The summed E-state index contributed by atoms with van der Waals surface area (Å²) in [5, 5.41) is 3.42. The first-order chi connectivity index (χ1) is 10.1. The highest BCUT2D eigenvalue weighted by Crippen LogP contribution is 2.55. The molecule has 0 radical (unpaired) electrons. The highest BCUT2D eigenvalue weighted by Gasteiger charge is 2.52. The van der Waals surface area contributed by atoms with Crippen molar-refractivity contribution in [3.8, 4) is 0 Å². The van der Waals surface area contributed by atoms with Gasteiger partial charge in [-0.15, -0.1) is 0 Å². The van der Waals surface area contributed by atoms with Crippen LogP contribution in [-0.2, 0) is 4.79 Å². The Morgan fingerprint density at radius 1 is 1.14 bits per heavy atom. The minimum absolute atomic E-state index is 0.108. The highest BCUT2D eigenvalue weighted by molar-refractivity contribution is 5.83. The van der Waals surface area contributed by atoms with Crippen molar-refractivity contribution in [1.29, 1.82) is 0 Å². The van der Waals surface area contributed by atoms with Crippen molar-refractivity contribution >= 4 is 5.91 Å². The van der Waals surface area contributed by atoms with E-state index in [2.05, 4.69) is 24.2 Å². The van der Waals surface area contributed by atoms with Crippen LogP contribution < -0.4 is 5.32 Å². The van der Waals surface area contributed by atoms with Crippen LogP contribution in [0, 0.1) is 29.1 Å². The number of rotatable bonds is 3. The summed E-state index contributed by atoms with van der Waals surface area (Å²) in [5.74, 6) is 4.02. The van der Waals surface area contributed by atoms with Crippen LogP contribution >= 0.6 is 0 Å². The molecule has 5 rings (SSSR count). The molecule has 3 heteroatoms. The van der Waals surface area contributed by atoms with Crippen molar-refractivity contribution in [2.24, 2.45) is 29.1 Å². The average molecular weight is 290 g/mol. The maximum absolute atomic E-state index is 13.2. The molecule has 0 spiro atoms. The molecule has 4 bridgehead atoms. The van der Waals surface area contributed by atoms with Gasteiger partial charge in [0.1, 0.15) is 0 Å². The van der Waals surface area contributed by atoms with E-state index < -0.39 is 0 Å². The van der Waals surface area contributed by atoms with Crippen LogP contribution in [0.15, 0.2) is 0 Å². The standard InChI is InChI=1S/C18H30N2O/c1-3-18(4-5-19-11-18)17(21)20(2)16-14-7-12-6-13(9-14)10-15(16)8-12/h12-16,19H,3-11H2,1-2H3. The van der Waals surface area contributed by atoms with Crippen molar-refractivity contribution < 1.29 is 4.79 Å². The van der Waals surface area contributed by atoms with Gasteiger partial charge in [0.2, 0.25) is 5.91 Å². The molecule has 1 aliphatic heterocycles. The quantitative estimate of drug-likeness (QED) is 0.866. The first-order valence-electron chi connectivity index (χ1n) is 9.11. The van der Waals surface area contributed by atoms with Crippen molar-refractivity contribution in [3.05, 3.63) is 0 Å². The lowest BCUT2D eigenvalue weighted by molar-refractivity contribution is -0.151. The van der Waals surface area contributed by atoms with Gasteiger partial charge in [-0.25, -0.2) is 0 Å². The summed E-state index contributed by atoms with van der Waals surface area (Å²) in [4.78, 5) is 15.4. The molecular formula is C18H30N2O. The summed E-state index contributed by atoms with van der Waals surface area (Å²) in [5.41, 5.74) is -0.108. The third-order valence-corrected chi connectivity index (χ3v) is 7.32. The first kappa shape index (κ1) is 14.0. The number of carbonyl (C=O) groups is 1. The van der Waals surface area contributed by atoms with Gasteiger partial charge in [0, 0.05) is 19.6 Å². The molecule has 1 saturated heterocycles. The lowest BCUT2D eigenvalue weighted by atomic mass is 9.53. The maximum Gasteiger partial charge on any atom is 0.230 e. The smallest absolute Gasteiger partial charge is 0.230 e. The van der Waals surface area contributed by atoms with E-state index in [1.165, 1.54) is 32.1 Å². The van der Waals surface area contributed by atoms with Crippen LogP contribution in [0.2, 0.25) is 0 Å². The summed E-state index contributed by atoms with van der Waals surface area (Å²) in [6.45, 7) is 4.09. The molecule has 0 aromatic carbocycles. The van der Waals surface area contributed by atoms with E-state index >= 15 is 0 Å². The van der Waals surface area contributed by atoms with Crippen LogP contribution in [0.4, 0.5) is 0 Å². The molecule has 5 aliphatic rings. The van der Waals surface area contributed by atoms with E-state index in [1.54, 1.807) is 0 Å². The Morgan fingerprint density at radius 2 is 1.76 bits per heavy atom. The summed E-state index contributed by atoms with van der Waals surface area (Å²) in [7, 11) is 2.12. The Labute approximate surface area is 128 Å². The van der Waals surface area contributed by atoms with E-state index in [-0.39, 0.29) is 5.41 Å². The molecule has 21 heavy (non-hydrogen) atoms. The molecule has 3 nitrogen and oxygen atoms in total. The molecule has 1 N–H and O–H groups in total. The molecule has 1 amide bonds. The number of amides is 1. The van der Waals surface area contributed by atoms with Crippen LogP contribution in [0.1, 0.15) is 51.9 Å². The maximum atomic E-state index is 13.2. The number of hydrogen-bond acceptors (Lipinski definition) is 2. The van der Waals surface area contributed by atoms with Crippen molar-refractivity contribution in [2.45, 2.75) is 57.9 Å². The van der Waals surface area contributed by atoms with E-state index in [9.17, 15) is 4.79 Å². The lowest BCUT2D eigenvalue weighted by Gasteiger charge is -2.57. The predicted octanol–water partition coefficient (Wildman–Crippen LogP) is 2.66. The van der Waals surface area contributed by atoms with E-state index in [1.807, 2.05) is 0 Å². The van der Waals surface area contributed by atoms with Gasteiger partial charge in [0.25, 0.3) is 0 Å². The van der Waals surface area contributed by atoms with Gasteiger partial charge in [-0.3, -0.25) is 4.79 Å². The topological polar surface area (TPSA) is 32.3 Å². The Bertz CT molecular complexity index is 399. The van der Waals surface area contributed by atoms with Crippen molar-refractivity contribution in [1.82, 2.24) is 10.2 Å². The third kappa shape index (κ3) is 2.07. The van der Waals surface area contributed by atoms with Gasteiger partial charge in [0.05, 0.1) is 5.41 Å². The Kier molecular flexibility index (Phi) is 3.33. The van der Waals surface area contributed by atoms with Gasteiger partial charge in [-0.1, -0.05) is 6.92 Å². The SMILES string of the molecule is CCC1(C(=O)N(C)C2C3CC4CC(C3)CC2C4)CCNC1. The first-order valence-corrected chi connectivity index (χ1v) is 9.11.